The van der Waals surface area contributed by atoms with Crippen molar-refractivity contribution < 1.29 is 18.9 Å². The molecule has 8 nitrogen and oxygen atoms in total. The first-order chi connectivity index (χ1) is 13.4. The molecule has 0 amide bonds. The first kappa shape index (κ1) is 19.4. The van der Waals surface area contributed by atoms with Crippen LogP contribution in [-0.2, 0) is 9.47 Å². The highest BCUT2D eigenvalue weighted by molar-refractivity contribution is 5.89. The van der Waals surface area contributed by atoms with Crippen LogP contribution in [0.1, 0.15) is 19.4 Å². The summed E-state index contributed by atoms with van der Waals surface area (Å²) in [7, 11) is 1.40. The smallest absolute Gasteiger partial charge is 0.256 e. The molecule has 1 aromatic heterocycles. The van der Waals surface area contributed by atoms with Gasteiger partial charge < -0.3 is 24.7 Å². The molecule has 8 heteroatoms. The number of nitriles is 1. The maximum absolute atomic E-state index is 9.48. The average molecular weight is 380 g/mol. The molecule has 0 bridgehead atoms. The van der Waals surface area contributed by atoms with Gasteiger partial charge >= 0.3 is 0 Å². The van der Waals surface area contributed by atoms with Crippen LogP contribution >= 0.6 is 0 Å². The molecule has 2 N–H and O–H groups in total. The molecule has 1 saturated heterocycles. The highest BCUT2D eigenvalue weighted by Crippen LogP contribution is 2.42. The summed E-state index contributed by atoms with van der Waals surface area (Å²) in [5.74, 6) is 0.141. The number of rotatable bonds is 5. The fourth-order valence-corrected chi connectivity index (χ4v) is 2.96. The zero-order valence-corrected chi connectivity index (χ0v) is 15.9. The fraction of sp³-hybridized carbons (Fsp3) is 0.350. The molecule has 1 fully saturated rings. The standard InChI is InChI=1S/C20H20N4O4/c1-20(2)27-11-14(28-20)10-26-13-7-5-12(6-8-13)16-15(9-21)18(22)24-19(25-4)17(16)23-3/h5-8,14H,10-11H2,1-2,4H3,(H2,22,24)/t14-/m1/s1. The number of nitrogen functional groups attached to an aromatic ring is 1. The van der Waals surface area contributed by atoms with Crippen LogP contribution in [0.25, 0.3) is 16.0 Å². The predicted octanol–water partition coefficient (Wildman–Crippen LogP) is 3.29. The van der Waals surface area contributed by atoms with E-state index in [1.165, 1.54) is 7.11 Å². The Bertz CT molecular complexity index is 958. The number of nitrogens with two attached hydrogens (primary N) is 1. The van der Waals surface area contributed by atoms with Crippen molar-refractivity contribution in [3.05, 3.63) is 41.2 Å². The number of methoxy groups -OCH3 is 1. The molecule has 28 heavy (non-hydrogen) atoms. The maximum Gasteiger partial charge on any atom is 0.256 e. The van der Waals surface area contributed by atoms with Gasteiger partial charge in [0.05, 0.1) is 25.9 Å². The molecule has 1 aromatic carbocycles. The highest BCUT2D eigenvalue weighted by Gasteiger charge is 2.33. The van der Waals surface area contributed by atoms with Crippen molar-refractivity contribution in [3.8, 4) is 28.8 Å². The summed E-state index contributed by atoms with van der Waals surface area (Å²) in [4.78, 5) is 7.48. The van der Waals surface area contributed by atoms with E-state index < -0.39 is 5.79 Å². The van der Waals surface area contributed by atoms with Crippen LogP contribution < -0.4 is 15.2 Å². The number of benzene rings is 1. The van der Waals surface area contributed by atoms with Crippen molar-refractivity contribution in [2.24, 2.45) is 0 Å². The van der Waals surface area contributed by atoms with Crippen molar-refractivity contribution in [3.63, 3.8) is 0 Å². The molecule has 3 rings (SSSR count). The third kappa shape index (κ3) is 3.84. The van der Waals surface area contributed by atoms with Gasteiger partial charge in [-0.1, -0.05) is 12.1 Å². The Kier molecular flexibility index (Phi) is 5.36. The number of hydrogen-bond donors (Lipinski definition) is 1. The van der Waals surface area contributed by atoms with Crippen molar-refractivity contribution in [1.82, 2.24) is 4.98 Å². The van der Waals surface area contributed by atoms with Gasteiger partial charge in [0, 0.05) is 5.56 Å². The summed E-state index contributed by atoms with van der Waals surface area (Å²) < 4.78 is 22.1. The molecule has 0 radical (unpaired) electrons. The van der Waals surface area contributed by atoms with E-state index in [2.05, 4.69) is 9.83 Å². The Morgan fingerprint density at radius 1 is 1.39 bits per heavy atom. The minimum absolute atomic E-state index is 0.0167. The van der Waals surface area contributed by atoms with Crippen LogP contribution in [0, 0.1) is 17.9 Å². The van der Waals surface area contributed by atoms with Gasteiger partial charge in [-0.25, -0.2) is 9.83 Å². The van der Waals surface area contributed by atoms with Gasteiger partial charge in [0.1, 0.15) is 30.3 Å². The van der Waals surface area contributed by atoms with Crippen LogP contribution in [-0.4, -0.2) is 37.2 Å². The van der Waals surface area contributed by atoms with Crippen molar-refractivity contribution in [1.29, 1.82) is 5.26 Å². The van der Waals surface area contributed by atoms with Crippen LogP contribution in [0.4, 0.5) is 11.5 Å². The summed E-state index contributed by atoms with van der Waals surface area (Å²) in [6.45, 7) is 12.0. The lowest BCUT2D eigenvalue weighted by Gasteiger charge is -2.17. The Morgan fingerprint density at radius 3 is 2.64 bits per heavy atom. The lowest BCUT2D eigenvalue weighted by molar-refractivity contribution is -0.141. The van der Waals surface area contributed by atoms with Crippen molar-refractivity contribution in [2.45, 2.75) is 25.7 Å². The largest absolute Gasteiger partial charge is 0.491 e. The van der Waals surface area contributed by atoms with Gasteiger partial charge in [-0.15, -0.1) is 0 Å². The first-order valence-electron chi connectivity index (χ1n) is 8.58. The molecule has 1 aliphatic rings. The minimum Gasteiger partial charge on any atom is -0.491 e. The molecular formula is C20H20N4O4. The van der Waals surface area contributed by atoms with E-state index in [-0.39, 0.29) is 29.1 Å². The second-order valence-corrected chi connectivity index (χ2v) is 6.61. The normalized spacial score (nSPS) is 17.5. The van der Waals surface area contributed by atoms with E-state index >= 15 is 0 Å². The minimum atomic E-state index is -0.595. The Labute approximate surface area is 163 Å². The van der Waals surface area contributed by atoms with Crippen molar-refractivity contribution >= 4 is 11.5 Å². The fourth-order valence-electron chi connectivity index (χ4n) is 2.96. The van der Waals surface area contributed by atoms with Crippen molar-refractivity contribution in [2.75, 3.05) is 26.1 Å². The van der Waals surface area contributed by atoms with Crippen LogP contribution in [0.5, 0.6) is 11.6 Å². The number of anilines is 1. The summed E-state index contributed by atoms with van der Waals surface area (Å²) in [5, 5.41) is 9.48. The summed E-state index contributed by atoms with van der Waals surface area (Å²) >= 11 is 0. The van der Waals surface area contributed by atoms with Gasteiger partial charge in [-0.2, -0.15) is 5.26 Å². The third-order valence-electron chi connectivity index (χ3n) is 4.23. The predicted molar refractivity (Wildman–Crippen MR) is 102 cm³/mol. The van der Waals surface area contributed by atoms with E-state index in [0.29, 0.717) is 30.1 Å². The summed E-state index contributed by atoms with van der Waals surface area (Å²) in [6, 6.07) is 9.06. The molecule has 0 unspecified atom stereocenters. The second kappa shape index (κ2) is 7.73. The molecule has 0 spiro atoms. The molecule has 0 saturated carbocycles. The molecular weight excluding hydrogens is 360 g/mol. The molecule has 0 aliphatic carbocycles. The zero-order chi connectivity index (χ0) is 20.3. The van der Waals surface area contributed by atoms with E-state index in [4.69, 9.17) is 31.3 Å². The average Bonchev–Trinajstić information content (AvgIpc) is 3.04. The number of pyridine rings is 1. The van der Waals surface area contributed by atoms with Crippen LogP contribution in [0.2, 0.25) is 0 Å². The Balaban J connectivity index is 1.85. The van der Waals surface area contributed by atoms with Gasteiger partial charge in [0.2, 0.25) is 5.88 Å². The Hall–Kier alpha value is -3.33. The third-order valence-corrected chi connectivity index (χ3v) is 4.23. The maximum atomic E-state index is 9.48. The quantitative estimate of drug-likeness (QED) is 0.794. The monoisotopic (exact) mass is 380 g/mol. The molecule has 2 heterocycles. The summed E-state index contributed by atoms with van der Waals surface area (Å²) in [6.07, 6.45) is -0.141. The van der Waals surface area contributed by atoms with E-state index in [0.717, 1.165) is 0 Å². The van der Waals surface area contributed by atoms with Crippen LogP contribution in [0.3, 0.4) is 0 Å². The lowest BCUT2D eigenvalue weighted by Crippen LogP contribution is -2.25. The van der Waals surface area contributed by atoms with Gasteiger partial charge in [-0.05, 0) is 31.5 Å². The SMILES string of the molecule is [C-]#[N+]c1c(OC)nc(N)c(C#N)c1-c1ccc(OC[C@@H]2COC(C)(C)O2)cc1. The van der Waals surface area contributed by atoms with E-state index in [1.807, 2.05) is 19.9 Å². The number of aromatic nitrogens is 1. The van der Waals surface area contributed by atoms with Gasteiger partial charge in [0.15, 0.2) is 5.79 Å². The second-order valence-electron chi connectivity index (χ2n) is 6.61. The van der Waals surface area contributed by atoms with Crippen LogP contribution in [0.15, 0.2) is 24.3 Å². The highest BCUT2D eigenvalue weighted by atomic mass is 16.7. The van der Waals surface area contributed by atoms with E-state index in [9.17, 15) is 5.26 Å². The molecule has 144 valence electrons. The first-order valence-corrected chi connectivity index (χ1v) is 8.58. The summed E-state index contributed by atoms with van der Waals surface area (Å²) in [5.41, 5.74) is 7.18. The number of ether oxygens (including phenoxy) is 4. The number of hydrogen-bond acceptors (Lipinski definition) is 7. The zero-order valence-electron chi connectivity index (χ0n) is 15.9. The molecule has 1 aliphatic heterocycles. The topological polar surface area (TPSA) is 104 Å². The van der Waals surface area contributed by atoms with E-state index in [1.54, 1.807) is 24.3 Å². The lowest BCUT2D eigenvalue weighted by atomic mass is 9.99. The Morgan fingerprint density at radius 2 is 2.11 bits per heavy atom. The number of nitrogens with zero attached hydrogens (tertiary/aromatic N) is 3. The van der Waals surface area contributed by atoms with Gasteiger partial charge in [0.25, 0.3) is 5.69 Å². The molecule has 1 atom stereocenters. The molecule has 2 aromatic rings. The van der Waals surface area contributed by atoms with Gasteiger partial charge in [-0.3, -0.25) is 0 Å².